The molecule has 0 bridgehead atoms. The Kier molecular flexibility index (Phi) is 7.14. The monoisotopic (exact) mass is 354 g/mol. The van der Waals surface area contributed by atoms with Crippen molar-refractivity contribution in [3.8, 4) is 11.5 Å². The van der Waals surface area contributed by atoms with Gasteiger partial charge in [0.1, 0.15) is 11.3 Å². The highest BCUT2D eigenvalue weighted by molar-refractivity contribution is 5.85. The van der Waals surface area contributed by atoms with E-state index >= 15 is 0 Å². The fraction of sp³-hybridized carbons (Fsp3) is 0.391. The van der Waals surface area contributed by atoms with Gasteiger partial charge in [0.05, 0.1) is 14.2 Å². The van der Waals surface area contributed by atoms with E-state index in [1.807, 2.05) is 18.2 Å². The summed E-state index contributed by atoms with van der Waals surface area (Å²) in [4.78, 5) is 0. The van der Waals surface area contributed by atoms with Crippen LogP contribution in [0.1, 0.15) is 52.2 Å². The molecule has 0 saturated carbocycles. The van der Waals surface area contributed by atoms with E-state index in [4.69, 9.17) is 13.9 Å². The van der Waals surface area contributed by atoms with Crippen LogP contribution in [0, 0.1) is 0 Å². The molecule has 3 heteroatoms. The van der Waals surface area contributed by atoms with Crippen molar-refractivity contribution in [2.75, 3.05) is 14.2 Å². The maximum atomic E-state index is 5.96. The Bertz CT molecular complexity index is 776. The van der Waals surface area contributed by atoms with Gasteiger partial charge in [-0.2, -0.15) is 0 Å². The summed E-state index contributed by atoms with van der Waals surface area (Å²) in [5.41, 5.74) is 4.60. The fourth-order valence-electron chi connectivity index (χ4n) is 2.85. The van der Waals surface area contributed by atoms with Crippen LogP contribution in [0.4, 0.5) is 0 Å². The molecule has 0 spiro atoms. The van der Waals surface area contributed by atoms with Crippen LogP contribution in [-0.2, 0) is 0 Å². The molecule has 0 aliphatic carbocycles. The van der Waals surface area contributed by atoms with Gasteiger partial charge < -0.3 is 13.9 Å². The Hall–Kier alpha value is -2.42. The molecular weight excluding hydrogens is 324 g/mol. The molecule has 2 rings (SSSR count). The second-order valence-electron chi connectivity index (χ2n) is 6.87. The van der Waals surface area contributed by atoms with Crippen molar-refractivity contribution in [3.05, 3.63) is 53.8 Å². The Morgan fingerprint density at radius 1 is 0.962 bits per heavy atom. The Morgan fingerprint density at radius 2 is 1.62 bits per heavy atom. The van der Waals surface area contributed by atoms with Gasteiger partial charge in [-0.3, -0.25) is 0 Å². The zero-order chi connectivity index (χ0) is 19.1. The summed E-state index contributed by atoms with van der Waals surface area (Å²) in [6.07, 6.45) is 8.67. The van der Waals surface area contributed by atoms with Crippen molar-refractivity contribution in [1.29, 1.82) is 0 Å². The van der Waals surface area contributed by atoms with E-state index in [1.165, 1.54) is 11.1 Å². The number of allylic oxidation sites excluding steroid dienone is 5. The first-order valence-corrected chi connectivity index (χ1v) is 9.07. The highest BCUT2D eigenvalue weighted by Crippen LogP contribution is 2.35. The van der Waals surface area contributed by atoms with Gasteiger partial charge in [0, 0.05) is 11.5 Å². The normalized spacial score (nSPS) is 11.5. The number of fused-ring (bicyclic) bond motifs is 1. The molecule has 0 fully saturated rings. The van der Waals surface area contributed by atoms with Crippen molar-refractivity contribution in [3.63, 3.8) is 0 Å². The van der Waals surface area contributed by atoms with Crippen molar-refractivity contribution in [2.24, 2.45) is 0 Å². The molecule has 0 aliphatic heterocycles. The van der Waals surface area contributed by atoms with E-state index in [0.29, 0.717) is 11.5 Å². The zero-order valence-corrected chi connectivity index (χ0v) is 16.6. The molecule has 0 aliphatic rings. The van der Waals surface area contributed by atoms with E-state index in [0.717, 1.165) is 48.0 Å². The molecule has 2 aromatic rings. The largest absolute Gasteiger partial charge is 0.493 e. The average molecular weight is 354 g/mol. The molecule has 26 heavy (non-hydrogen) atoms. The number of hydrogen-bond acceptors (Lipinski definition) is 3. The minimum atomic E-state index is 0.668. The van der Waals surface area contributed by atoms with E-state index < -0.39 is 0 Å². The van der Waals surface area contributed by atoms with Crippen LogP contribution >= 0.6 is 0 Å². The lowest BCUT2D eigenvalue weighted by atomic mass is 10.1. The van der Waals surface area contributed by atoms with Crippen molar-refractivity contribution >= 4 is 16.5 Å². The highest BCUT2D eigenvalue weighted by atomic mass is 16.5. The van der Waals surface area contributed by atoms with Crippen LogP contribution in [0.2, 0.25) is 0 Å². The van der Waals surface area contributed by atoms with E-state index in [2.05, 4.69) is 39.5 Å². The standard InChI is InChI=1S/C23H30O3/c1-16(2)9-7-10-17(3)11-8-12-18(4)20-13-19-14-22(24-5)23(25-6)15-21(19)26-20/h9,11,13-15H,4,7-8,10,12H2,1-3,5-6H3/b17-11+. The molecule has 1 aromatic carbocycles. The molecular formula is C23H30O3. The van der Waals surface area contributed by atoms with Gasteiger partial charge in [0.2, 0.25) is 0 Å². The minimum absolute atomic E-state index is 0.668. The molecule has 1 aromatic heterocycles. The number of hydrogen-bond donors (Lipinski definition) is 0. The predicted octanol–water partition coefficient (Wildman–Crippen LogP) is 6.94. The van der Waals surface area contributed by atoms with E-state index in [-0.39, 0.29) is 0 Å². The molecule has 0 amide bonds. The first kappa shape index (κ1) is 19.9. The first-order chi connectivity index (χ1) is 12.4. The maximum absolute atomic E-state index is 5.96. The first-order valence-electron chi connectivity index (χ1n) is 9.07. The molecule has 0 radical (unpaired) electrons. The topological polar surface area (TPSA) is 31.6 Å². The van der Waals surface area contributed by atoms with Gasteiger partial charge in [0.25, 0.3) is 0 Å². The number of ether oxygens (including phenoxy) is 2. The summed E-state index contributed by atoms with van der Waals surface area (Å²) in [6, 6.07) is 5.81. The number of furan rings is 1. The average Bonchev–Trinajstić information content (AvgIpc) is 3.02. The predicted molar refractivity (Wildman–Crippen MR) is 110 cm³/mol. The second-order valence-corrected chi connectivity index (χ2v) is 6.87. The SMILES string of the molecule is C=C(CC/C=C(\C)CCC=C(C)C)c1cc2cc(OC)c(OC)cc2o1. The minimum Gasteiger partial charge on any atom is -0.493 e. The summed E-state index contributed by atoms with van der Waals surface area (Å²) >= 11 is 0. The lowest BCUT2D eigenvalue weighted by molar-refractivity contribution is 0.355. The summed E-state index contributed by atoms with van der Waals surface area (Å²) < 4.78 is 16.6. The maximum Gasteiger partial charge on any atom is 0.164 e. The zero-order valence-electron chi connectivity index (χ0n) is 16.6. The summed E-state index contributed by atoms with van der Waals surface area (Å²) in [7, 11) is 3.26. The molecule has 0 unspecified atom stereocenters. The van der Waals surface area contributed by atoms with Gasteiger partial charge in [-0.1, -0.05) is 29.9 Å². The van der Waals surface area contributed by atoms with Crippen molar-refractivity contribution in [1.82, 2.24) is 0 Å². The van der Waals surface area contributed by atoms with Crippen LogP contribution < -0.4 is 9.47 Å². The van der Waals surface area contributed by atoms with Crippen molar-refractivity contribution < 1.29 is 13.9 Å². The quantitative estimate of drug-likeness (QED) is 0.457. The smallest absolute Gasteiger partial charge is 0.164 e. The molecule has 3 nitrogen and oxygen atoms in total. The van der Waals surface area contributed by atoms with E-state index in [9.17, 15) is 0 Å². The molecule has 0 atom stereocenters. The van der Waals surface area contributed by atoms with Gasteiger partial charge in [-0.15, -0.1) is 0 Å². The third kappa shape index (κ3) is 5.29. The second kappa shape index (κ2) is 9.33. The Balaban J connectivity index is 2.00. The number of rotatable bonds is 9. The van der Waals surface area contributed by atoms with E-state index in [1.54, 1.807) is 14.2 Å². The van der Waals surface area contributed by atoms with Crippen molar-refractivity contribution in [2.45, 2.75) is 46.5 Å². The van der Waals surface area contributed by atoms with Gasteiger partial charge >= 0.3 is 0 Å². The third-order valence-corrected chi connectivity index (χ3v) is 4.40. The molecule has 0 saturated heterocycles. The summed E-state index contributed by atoms with van der Waals surface area (Å²) in [5, 5.41) is 0.993. The molecule has 140 valence electrons. The number of benzene rings is 1. The van der Waals surface area contributed by atoms with Gasteiger partial charge in [-0.25, -0.2) is 0 Å². The highest BCUT2D eigenvalue weighted by Gasteiger charge is 2.12. The molecule has 1 heterocycles. The van der Waals surface area contributed by atoms with Gasteiger partial charge in [-0.05, 0) is 64.2 Å². The lowest BCUT2D eigenvalue weighted by Crippen LogP contribution is -1.89. The summed E-state index contributed by atoms with van der Waals surface area (Å²) in [6.45, 7) is 10.7. The van der Waals surface area contributed by atoms with Crippen LogP contribution in [0.3, 0.4) is 0 Å². The third-order valence-electron chi connectivity index (χ3n) is 4.40. The fourth-order valence-corrected chi connectivity index (χ4v) is 2.85. The van der Waals surface area contributed by atoms with Crippen LogP contribution in [-0.4, -0.2) is 14.2 Å². The van der Waals surface area contributed by atoms with Crippen LogP contribution in [0.25, 0.3) is 16.5 Å². The van der Waals surface area contributed by atoms with Crippen LogP contribution in [0.5, 0.6) is 11.5 Å². The lowest BCUT2D eigenvalue weighted by Gasteiger charge is -2.06. The van der Waals surface area contributed by atoms with Crippen LogP contribution in [0.15, 0.2) is 52.5 Å². The number of methoxy groups -OCH3 is 2. The summed E-state index contributed by atoms with van der Waals surface area (Å²) in [5.74, 6) is 2.19. The Labute approximate surface area is 157 Å². The molecule has 0 N–H and O–H groups in total. The Morgan fingerprint density at radius 3 is 2.27 bits per heavy atom. The van der Waals surface area contributed by atoms with Gasteiger partial charge in [0.15, 0.2) is 11.5 Å².